The molecular formula is C20H23N3O4S. The summed E-state index contributed by atoms with van der Waals surface area (Å²) >= 11 is 1.26. The molecule has 148 valence electrons. The molecule has 0 radical (unpaired) electrons. The molecule has 0 unspecified atom stereocenters. The SMILES string of the molecule is Cc1ccc(Sc2ccc(C(=O)NCC(=O)NC(C)(C)C)cc2[N+](=O)[O-])cc1. The second kappa shape index (κ2) is 8.88. The summed E-state index contributed by atoms with van der Waals surface area (Å²) in [7, 11) is 0. The van der Waals surface area contributed by atoms with Crippen LogP contribution in [-0.2, 0) is 4.79 Å². The number of benzene rings is 2. The molecule has 2 rings (SSSR count). The van der Waals surface area contributed by atoms with Gasteiger partial charge in [-0.3, -0.25) is 19.7 Å². The molecule has 28 heavy (non-hydrogen) atoms. The van der Waals surface area contributed by atoms with Gasteiger partial charge in [-0.15, -0.1) is 0 Å². The van der Waals surface area contributed by atoms with Gasteiger partial charge in [-0.1, -0.05) is 29.5 Å². The maximum absolute atomic E-state index is 12.3. The molecule has 0 atom stereocenters. The Balaban J connectivity index is 2.12. The summed E-state index contributed by atoms with van der Waals surface area (Å²) in [5.74, 6) is -0.874. The highest BCUT2D eigenvalue weighted by Gasteiger charge is 2.19. The number of aryl methyl sites for hydroxylation is 1. The summed E-state index contributed by atoms with van der Waals surface area (Å²) in [5.41, 5.74) is 0.664. The van der Waals surface area contributed by atoms with Gasteiger partial charge in [0, 0.05) is 22.1 Å². The second-order valence-corrected chi connectivity index (χ2v) is 8.45. The fraction of sp³-hybridized carbons (Fsp3) is 0.300. The van der Waals surface area contributed by atoms with Crippen LogP contribution in [0, 0.1) is 17.0 Å². The van der Waals surface area contributed by atoms with E-state index in [1.54, 1.807) is 6.07 Å². The van der Waals surface area contributed by atoms with E-state index < -0.39 is 16.4 Å². The van der Waals surface area contributed by atoms with Gasteiger partial charge in [-0.2, -0.15) is 0 Å². The van der Waals surface area contributed by atoms with Crippen molar-refractivity contribution in [3.63, 3.8) is 0 Å². The Hall–Kier alpha value is -2.87. The van der Waals surface area contributed by atoms with Crippen molar-refractivity contribution in [1.29, 1.82) is 0 Å². The zero-order valence-corrected chi connectivity index (χ0v) is 17.1. The summed E-state index contributed by atoms with van der Waals surface area (Å²) in [5, 5.41) is 16.7. The van der Waals surface area contributed by atoms with Crippen molar-refractivity contribution in [1.82, 2.24) is 10.6 Å². The molecule has 2 aromatic carbocycles. The Bertz CT molecular complexity index is 889. The van der Waals surface area contributed by atoms with Crippen LogP contribution in [0.15, 0.2) is 52.3 Å². The number of carbonyl (C=O) groups excluding carboxylic acids is 2. The fourth-order valence-electron chi connectivity index (χ4n) is 2.35. The van der Waals surface area contributed by atoms with E-state index in [1.165, 1.54) is 23.9 Å². The molecule has 0 bridgehead atoms. The van der Waals surface area contributed by atoms with E-state index in [0.717, 1.165) is 10.5 Å². The number of carbonyl (C=O) groups is 2. The maximum atomic E-state index is 12.3. The number of amides is 2. The minimum absolute atomic E-state index is 0.128. The van der Waals surface area contributed by atoms with Crippen LogP contribution >= 0.6 is 11.8 Å². The quantitative estimate of drug-likeness (QED) is 0.568. The van der Waals surface area contributed by atoms with Crippen molar-refractivity contribution in [3.05, 3.63) is 63.7 Å². The zero-order valence-electron chi connectivity index (χ0n) is 16.2. The Morgan fingerprint density at radius 1 is 1.11 bits per heavy atom. The Morgan fingerprint density at radius 3 is 2.32 bits per heavy atom. The van der Waals surface area contributed by atoms with E-state index in [2.05, 4.69) is 10.6 Å². The highest BCUT2D eigenvalue weighted by Crippen LogP contribution is 2.35. The van der Waals surface area contributed by atoms with E-state index in [9.17, 15) is 19.7 Å². The maximum Gasteiger partial charge on any atom is 0.284 e. The minimum Gasteiger partial charge on any atom is -0.350 e. The third-order valence-corrected chi connectivity index (χ3v) is 4.66. The summed E-state index contributed by atoms with van der Waals surface area (Å²) < 4.78 is 0. The van der Waals surface area contributed by atoms with Crippen molar-refractivity contribution in [2.75, 3.05) is 6.54 Å². The van der Waals surface area contributed by atoms with Crippen molar-refractivity contribution >= 4 is 29.3 Å². The lowest BCUT2D eigenvalue weighted by molar-refractivity contribution is -0.387. The van der Waals surface area contributed by atoms with Crippen LogP contribution in [0.2, 0.25) is 0 Å². The first-order chi connectivity index (χ1) is 13.0. The number of nitrogens with zero attached hydrogens (tertiary/aromatic N) is 1. The average Bonchev–Trinajstić information content (AvgIpc) is 2.60. The molecule has 2 N–H and O–H groups in total. The van der Waals surface area contributed by atoms with E-state index in [4.69, 9.17) is 0 Å². The van der Waals surface area contributed by atoms with Crippen molar-refractivity contribution in [2.24, 2.45) is 0 Å². The standard InChI is InChI=1S/C20H23N3O4S/c1-13-5-8-15(9-6-13)28-17-10-7-14(11-16(17)23(26)27)19(25)21-12-18(24)22-20(2,3)4/h5-11H,12H2,1-4H3,(H,21,25)(H,22,24). The Labute approximate surface area is 168 Å². The van der Waals surface area contributed by atoms with Crippen LogP contribution in [0.4, 0.5) is 5.69 Å². The lowest BCUT2D eigenvalue weighted by Gasteiger charge is -2.20. The molecule has 2 amide bonds. The predicted molar refractivity (Wildman–Crippen MR) is 109 cm³/mol. The van der Waals surface area contributed by atoms with Gasteiger partial charge in [0.2, 0.25) is 5.91 Å². The van der Waals surface area contributed by atoms with Crippen LogP contribution in [0.3, 0.4) is 0 Å². The molecule has 8 heteroatoms. The molecule has 0 aliphatic carbocycles. The molecule has 7 nitrogen and oxygen atoms in total. The van der Waals surface area contributed by atoms with E-state index in [0.29, 0.717) is 4.90 Å². The summed E-state index contributed by atoms with van der Waals surface area (Å²) in [6.45, 7) is 7.26. The molecule has 0 saturated carbocycles. The molecule has 0 fully saturated rings. The molecule has 0 aliphatic heterocycles. The molecule has 0 saturated heterocycles. The highest BCUT2D eigenvalue weighted by atomic mass is 32.2. The van der Waals surface area contributed by atoms with Crippen molar-refractivity contribution < 1.29 is 14.5 Å². The van der Waals surface area contributed by atoms with E-state index in [-0.39, 0.29) is 23.7 Å². The van der Waals surface area contributed by atoms with Gasteiger partial charge in [-0.05, 0) is 52.0 Å². The van der Waals surface area contributed by atoms with Crippen molar-refractivity contribution in [3.8, 4) is 0 Å². The number of nitro groups is 1. The van der Waals surface area contributed by atoms with Gasteiger partial charge in [0.1, 0.15) is 0 Å². The summed E-state index contributed by atoms with van der Waals surface area (Å²) in [6.07, 6.45) is 0. The van der Waals surface area contributed by atoms with Gasteiger partial charge in [0.25, 0.3) is 11.6 Å². The molecular weight excluding hydrogens is 378 g/mol. The second-order valence-electron chi connectivity index (χ2n) is 7.34. The molecule has 2 aromatic rings. The topological polar surface area (TPSA) is 101 Å². The first kappa shape index (κ1) is 21.4. The van der Waals surface area contributed by atoms with Gasteiger partial charge in [0.15, 0.2) is 0 Å². The van der Waals surface area contributed by atoms with E-state index >= 15 is 0 Å². The molecule has 0 aromatic heterocycles. The average molecular weight is 401 g/mol. The normalized spacial score (nSPS) is 11.0. The third kappa shape index (κ3) is 6.38. The van der Waals surface area contributed by atoms with Gasteiger partial charge in [-0.25, -0.2) is 0 Å². The molecule has 0 spiro atoms. The third-order valence-electron chi connectivity index (χ3n) is 3.59. The van der Waals surface area contributed by atoms with Gasteiger partial charge >= 0.3 is 0 Å². The van der Waals surface area contributed by atoms with Crippen molar-refractivity contribution in [2.45, 2.75) is 43.0 Å². The van der Waals surface area contributed by atoms with Crippen LogP contribution in [-0.4, -0.2) is 28.8 Å². The number of nitro benzene ring substituents is 1. The molecule has 0 aliphatic rings. The lowest BCUT2D eigenvalue weighted by Crippen LogP contribution is -2.45. The summed E-state index contributed by atoms with van der Waals surface area (Å²) in [4.78, 5) is 36.3. The predicted octanol–water partition coefficient (Wildman–Crippen LogP) is 3.70. The van der Waals surface area contributed by atoms with Crippen LogP contribution in [0.1, 0.15) is 36.7 Å². The van der Waals surface area contributed by atoms with Gasteiger partial charge < -0.3 is 10.6 Å². The van der Waals surface area contributed by atoms with Gasteiger partial charge in [0.05, 0.1) is 16.4 Å². The summed E-state index contributed by atoms with van der Waals surface area (Å²) in [6, 6.07) is 11.9. The highest BCUT2D eigenvalue weighted by molar-refractivity contribution is 7.99. The van der Waals surface area contributed by atoms with E-state index in [1.807, 2.05) is 52.0 Å². The largest absolute Gasteiger partial charge is 0.350 e. The van der Waals surface area contributed by atoms with Crippen LogP contribution in [0.5, 0.6) is 0 Å². The first-order valence-corrected chi connectivity index (χ1v) is 9.49. The van der Waals surface area contributed by atoms with Crippen LogP contribution < -0.4 is 10.6 Å². The Morgan fingerprint density at radius 2 is 1.75 bits per heavy atom. The Kier molecular flexibility index (Phi) is 6.80. The monoisotopic (exact) mass is 401 g/mol. The lowest BCUT2D eigenvalue weighted by atomic mass is 10.1. The number of rotatable bonds is 6. The zero-order chi connectivity index (χ0) is 20.9. The minimum atomic E-state index is -0.543. The number of nitrogens with one attached hydrogen (secondary N) is 2. The number of hydrogen-bond acceptors (Lipinski definition) is 5. The fourth-order valence-corrected chi connectivity index (χ4v) is 3.25. The van der Waals surface area contributed by atoms with Crippen LogP contribution in [0.25, 0.3) is 0 Å². The molecule has 0 heterocycles. The smallest absolute Gasteiger partial charge is 0.284 e. The number of hydrogen-bond donors (Lipinski definition) is 2. The first-order valence-electron chi connectivity index (χ1n) is 8.67.